The normalized spacial score (nSPS) is 25.4. The molecule has 30 heavy (non-hydrogen) atoms. The minimum absolute atomic E-state index is 0.0721. The van der Waals surface area contributed by atoms with Gasteiger partial charge in [0.1, 0.15) is 5.82 Å². The Morgan fingerprint density at radius 1 is 1.20 bits per heavy atom. The maximum Gasteiger partial charge on any atom is 0.236 e. The third-order valence-electron chi connectivity index (χ3n) is 6.08. The van der Waals surface area contributed by atoms with Crippen molar-refractivity contribution in [2.24, 2.45) is 4.99 Å². The lowest BCUT2D eigenvalue weighted by Crippen LogP contribution is -2.55. The maximum absolute atomic E-state index is 14.2. The van der Waals surface area contributed by atoms with E-state index in [0.29, 0.717) is 43.4 Å². The molecular formula is C21H29ClFN5O2. The van der Waals surface area contributed by atoms with Gasteiger partial charge in [0, 0.05) is 68.9 Å². The van der Waals surface area contributed by atoms with E-state index in [1.807, 2.05) is 4.90 Å². The number of halogens is 2. The summed E-state index contributed by atoms with van der Waals surface area (Å²) in [5.41, 5.74) is 0.596. The van der Waals surface area contributed by atoms with Gasteiger partial charge in [-0.1, -0.05) is 17.7 Å². The van der Waals surface area contributed by atoms with E-state index in [0.717, 1.165) is 38.6 Å². The van der Waals surface area contributed by atoms with Crippen LogP contribution in [0.5, 0.6) is 0 Å². The Kier molecular flexibility index (Phi) is 6.75. The topological polar surface area (TPSA) is 60.4 Å². The van der Waals surface area contributed by atoms with Crippen molar-refractivity contribution in [2.75, 3.05) is 66.1 Å². The lowest BCUT2D eigenvalue weighted by atomic mass is 10.1. The third kappa shape index (κ3) is 4.87. The van der Waals surface area contributed by atoms with Crippen molar-refractivity contribution in [3.05, 3.63) is 34.6 Å². The largest absolute Gasteiger partial charge is 0.378 e. The molecule has 1 N–H and O–H groups in total. The molecule has 1 saturated carbocycles. The van der Waals surface area contributed by atoms with Crippen LogP contribution < -0.4 is 5.32 Å². The van der Waals surface area contributed by atoms with Gasteiger partial charge in [0.2, 0.25) is 5.91 Å². The number of aliphatic imine (C=N–C) groups is 1. The molecule has 2 atom stereocenters. The van der Waals surface area contributed by atoms with E-state index in [2.05, 4.69) is 20.1 Å². The molecule has 3 fully saturated rings. The summed E-state index contributed by atoms with van der Waals surface area (Å²) < 4.78 is 19.5. The molecule has 1 aromatic carbocycles. The fourth-order valence-electron chi connectivity index (χ4n) is 4.22. The number of nitrogens with one attached hydrogen (secondary N) is 1. The number of ether oxygens (including phenoxy) is 1. The summed E-state index contributed by atoms with van der Waals surface area (Å²) >= 11 is 6.21. The Bertz CT molecular complexity index is 773. The van der Waals surface area contributed by atoms with Crippen molar-refractivity contribution >= 4 is 23.5 Å². The second-order valence-electron chi connectivity index (χ2n) is 8.03. The van der Waals surface area contributed by atoms with Gasteiger partial charge in [-0.2, -0.15) is 0 Å². The number of nitrogens with zero attached hydrogens (tertiary/aromatic N) is 4. The first-order valence-corrected chi connectivity index (χ1v) is 10.9. The Hall–Kier alpha value is -1.90. The average Bonchev–Trinajstić information content (AvgIpc) is 3.52. The van der Waals surface area contributed by atoms with Gasteiger partial charge in [0.25, 0.3) is 0 Å². The summed E-state index contributed by atoms with van der Waals surface area (Å²) in [6.07, 6.45) is 0.841. The summed E-state index contributed by atoms with van der Waals surface area (Å²) in [6, 6.07) is 4.97. The third-order valence-corrected chi connectivity index (χ3v) is 6.41. The van der Waals surface area contributed by atoms with E-state index in [1.165, 1.54) is 6.07 Å². The van der Waals surface area contributed by atoms with Crippen molar-refractivity contribution in [3.63, 3.8) is 0 Å². The van der Waals surface area contributed by atoms with Gasteiger partial charge in [0.15, 0.2) is 5.96 Å². The molecule has 3 aliphatic rings. The van der Waals surface area contributed by atoms with E-state index >= 15 is 0 Å². The summed E-state index contributed by atoms with van der Waals surface area (Å²) in [6.45, 7) is 6.30. The van der Waals surface area contributed by atoms with Crippen LogP contribution in [0.4, 0.5) is 4.39 Å². The van der Waals surface area contributed by atoms with Gasteiger partial charge in [-0.25, -0.2) is 4.39 Å². The van der Waals surface area contributed by atoms with Gasteiger partial charge < -0.3 is 19.9 Å². The van der Waals surface area contributed by atoms with Crippen molar-refractivity contribution in [2.45, 2.75) is 18.4 Å². The second-order valence-corrected chi connectivity index (χ2v) is 8.44. The number of amides is 1. The van der Waals surface area contributed by atoms with Crippen LogP contribution in [0.3, 0.4) is 0 Å². The van der Waals surface area contributed by atoms with Crippen LogP contribution in [0.2, 0.25) is 5.02 Å². The first kappa shape index (κ1) is 21.3. The van der Waals surface area contributed by atoms with Crippen LogP contribution in [0.25, 0.3) is 0 Å². The molecule has 164 valence electrons. The highest BCUT2D eigenvalue weighted by molar-refractivity contribution is 6.31. The predicted molar refractivity (Wildman–Crippen MR) is 114 cm³/mol. The number of rotatable bonds is 4. The first-order valence-electron chi connectivity index (χ1n) is 10.6. The molecule has 1 aliphatic carbocycles. The molecule has 0 radical (unpaired) electrons. The maximum atomic E-state index is 14.2. The zero-order valence-electron chi connectivity index (χ0n) is 17.3. The van der Waals surface area contributed by atoms with Crippen LogP contribution in [-0.4, -0.2) is 98.7 Å². The molecule has 1 aromatic rings. The lowest BCUT2D eigenvalue weighted by molar-refractivity contribution is -0.136. The van der Waals surface area contributed by atoms with Crippen LogP contribution >= 0.6 is 11.6 Å². The van der Waals surface area contributed by atoms with Gasteiger partial charge in [-0.15, -0.1) is 0 Å². The van der Waals surface area contributed by atoms with Crippen LogP contribution in [0, 0.1) is 5.82 Å². The number of hydrogen-bond acceptors (Lipinski definition) is 4. The summed E-state index contributed by atoms with van der Waals surface area (Å²) in [5.74, 6) is 0.833. The molecule has 7 nitrogen and oxygen atoms in total. The molecule has 2 unspecified atom stereocenters. The van der Waals surface area contributed by atoms with Crippen LogP contribution in [0.15, 0.2) is 23.2 Å². The number of guanidine groups is 1. The SMILES string of the molecule is CN=C(NC1CC1c1c(F)cccc1Cl)N1CCN(CC(=O)N2CCOCC2)CC1. The van der Waals surface area contributed by atoms with E-state index < -0.39 is 0 Å². The predicted octanol–water partition coefficient (Wildman–Crippen LogP) is 1.39. The molecule has 2 saturated heterocycles. The Morgan fingerprint density at radius 2 is 1.93 bits per heavy atom. The lowest BCUT2D eigenvalue weighted by Gasteiger charge is -2.37. The van der Waals surface area contributed by atoms with Gasteiger partial charge in [-0.3, -0.25) is 14.7 Å². The van der Waals surface area contributed by atoms with Gasteiger partial charge in [-0.05, 0) is 18.6 Å². The van der Waals surface area contributed by atoms with Gasteiger partial charge >= 0.3 is 0 Å². The second kappa shape index (κ2) is 9.49. The van der Waals surface area contributed by atoms with Crippen molar-refractivity contribution in [1.29, 1.82) is 0 Å². The Morgan fingerprint density at radius 3 is 2.60 bits per heavy atom. The van der Waals surface area contributed by atoms with E-state index in [1.54, 1.807) is 19.2 Å². The fourth-order valence-corrected chi connectivity index (χ4v) is 4.53. The summed E-state index contributed by atoms with van der Waals surface area (Å²) in [7, 11) is 1.77. The zero-order chi connectivity index (χ0) is 21.1. The van der Waals surface area contributed by atoms with E-state index in [4.69, 9.17) is 16.3 Å². The highest BCUT2D eigenvalue weighted by Crippen LogP contribution is 2.45. The number of piperazine rings is 1. The number of morpholine rings is 1. The smallest absolute Gasteiger partial charge is 0.236 e. The molecule has 2 heterocycles. The molecule has 1 amide bonds. The minimum atomic E-state index is -0.245. The average molecular weight is 438 g/mol. The minimum Gasteiger partial charge on any atom is -0.378 e. The van der Waals surface area contributed by atoms with Gasteiger partial charge in [0.05, 0.1) is 19.8 Å². The molecule has 4 rings (SSSR count). The molecular weight excluding hydrogens is 409 g/mol. The van der Waals surface area contributed by atoms with Crippen molar-refractivity contribution < 1.29 is 13.9 Å². The Labute approximate surface area is 181 Å². The quantitative estimate of drug-likeness (QED) is 0.569. The molecule has 9 heteroatoms. The monoisotopic (exact) mass is 437 g/mol. The Balaban J connectivity index is 1.25. The van der Waals surface area contributed by atoms with Crippen molar-refractivity contribution in [1.82, 2.24) is 20.0 Å². The highest BCUT2D eigenvalue weighted by atomic mass is 35.5. The number of hydrogen-bond donors (Lipinski definition) is 1. The van der Waals surface area contributed by atoms with Crippen LogP contribution in [0.1, 0.15) is 17.9 Å². The number of benzene rings is 1. The number of carbonyl (C=O) groups is 1. The fraction of sp³-hybridized carbons (Fsp3) is 0.619. The first-order chi connectivity index (χ1) is 14.6. The molecule has 0 bridgehead atoms. The van der Waals surface area contributed by atoms with Crippen molar-refractivity contribution in [3.8, 4) is 0 Å². The highest BCUT2D eigenvalue weighted by Gasteiger charge is 2.42. The molecule has 0 aromatic heterocycles. The number of carbonyl (C=O) groups excluding carboxylic acids is 1. The van der Waals surface area contributed by atoms with E-state index in [-0.39, 0.29) is 23.7 Å². The summed E-state index contributed by atoms with van der Waals surface area (Å²) in [5, 5.41) is 3.95. The van der Waals surface area contributed by atoms with Crippen LogP contribution in [-0.2, 0) is 9.53 Å². The standard InChI is InChI=1S/C21H29ClFN5O2/c1-24-21(25-18-13-15(18)20-16(22)3-2-4-17(20)23)28-7-5-26(6-8-28)14-19(29)27-9-11-30-12-10-27/h2-4,15,18H,5-14H2,1H3,(H,24,25). The zero-order valence-corrected chi connectivity index (χ0v) is 18.1. The summed E-state index contributed by atoms with van der Waals surface area (Å²) in [4.78, 5) is 23.2. The van der Waals surface area contributed by atoms with E-state index in [9.17, 15) is 9.18 Å². The molecule has 2 aliphatic heterocycles. The molecule has 0 spiro atoms.